The first-order chi connectivity index (χ1) is 13.6. The molecular formula is C24H23NO3. The standard InChI is InChI=1S/C24H23NO3/c1-18-8-12-21(13-9-18)25-24(26)15-11-19-10-14-22(23(16-19)27-2)28-17-20-6-4-3-5-7-20/h3-16H,17H2,1-2H3,(H,25,26). The number of ether oxygens (including phenoxy) is 2. The first-order valence-electron chi connectivity index (χ1n) is 9.04. The minimum atomic E-state index is -0.188. The van der Waals surface area contributed by atoms with Crippen LogP contribution in [0.5, 0.6) is 11.5 Å². The molecule has 1 amide bonds. The number of hydrogen-bond acceptors (Lipinski definition) is 3. The molecule has 3 aromatic rings. The zero-order valence-corrected chi connectivity index (χ0v) is 16.0. The van der Waals surface area contributed by atoms with Crippen molar-refractivity contribution >= 4 is 17.7 Å². The van der Waals surface area contributed by atoms with Crippen LogP contribution < -0.4 is 14.8 Å². The summed E-state index contributed by atoms with van der Waals surface area (Å²) in [5, 5.41) is 2.84. The van der Waals surface area contributed by atoms with Gasteiger partial charge in [-0.3, -0.25) is 4.79 Å². The maximum absolute atomic E-state index is 12.1. The van der Waals surface area contributed by atoms with Crippen molar-refractivity contribution in [3.8, 4) is 11.5 Å². The van der Waals surface area contributed by atoms with Gasteiger partial charge in [-0.25, -0.2) is 0 Å². The van der Waals surface area contributed by atoms with E-state index in [4.69, 9.17) is 9.47 Å². The normalized spacial score (nSPS) is 10.6. The lowest BCUT2D eigenvalue weighted by Gasteiger charge is -2.11. The van der Waals surface area contributed by atoms with Crippen LogP contribution in [0.15, 0.2) is 78.9 Å². The fraction of sp³-hybridized carbons (Fsp3) is 0.125. The molecule has 28 heavy (non-hydrogen) atoms. The topological polar surface area (TPSA) is 47.6 Å². The molecule has 4 heteroatoms. The molecule has 0 spiro atoms. The number of rotatable bonds is 7. The largest absolute Gasteiger partial charge is 0.493 e. The summed E-state index contributed by atoms with van der Waals surface area (Å²) >= 11 is 0. The van der Waals surface area contributed by atoms with Crippen LogP contribution in [-0.2, 0) is 11.4 Å². The Morgan fingerprint density at radius 2 is 1.71 bits per heavy atom. The van der Waals surface area contributed by atoms with Gasteiger partial charge in [-0.15, -0.1) is 0 Å². The second kappa shape index (κ2) is 9.42. The highest BCUT2D eigenvalue weighted by Crippen LogP contribution is 2.29. The van der Waals surface area contributed by atoms with Crippen molar-refractivity contribution in [2.75, 3.05) is 12.4 Å². The van der Waals surface area contributed by atoms with Crippen molar-refractivity contribution in [2.45, 2.75) is 13.5 Å². The summed E-state index contributed by atoms with van der Waals surface area (Å²) in [5.41, 5.74) is 3.85. The molecule has 0 saturated carbocycles. The molecule has 142 valence electrons. The fourth-order valence-electron chi connectivity index (χ4n) is 2.64. The van der Waals surface area contributed by atoms with Gasteiger partial charge in [0, 0.05) is 11.8 Å². The lowest BCUT2D eigenvalue weighted by molar-refractivity contribution is -0.111. The molecule has 0 aliphatic carbocycles. The van der Waals surface area contributed by atoms with Crippen LogP contribution in [-0.4, -0.2) is 13.0 Å². The molecule has 4 nitrogen and oxygen atoms in total. The molecular weight excluding hydrogens is 350 g/mol. The molecule has 0 heterocycles. The van der Waals surface area contributed by atoms with Gasteiger partial charge in [-0.05, 0) is 48.4 Å². The number of benzene rings is 3. The molecule has 0 bridgehead atoms. The average Bonchev–Trinajstić information content (AvgIpc) is 2.73. The van der Waals surface area contributed by atoms with Gasteiger partial charge in [-0.2, -0.15) is 0 Å². The summed E-state index contributed by atoms with van der Waals surface area (Å²) in [4.78, 5) is 12.1. The Kier molecular flexibility index (Phi) is 6.47. The van der Waals surface area contributed by atoms with Crippen molar-refractivity contribution in [1.29, 1.82) is 0 Å². The maximum atomic E-state index is 12.1. The third kappa shape index (κ3) is 5.48. The smallest absolute Gasteiger partial charge is 0.248 e. The molecule has 1 N–H and O–H groups in total. The van der Waals surface area contributed by atoms with Crippen LogP contribution in [0.25, 0.3) is 6.08 Å². The van der Waals surface area contributed by atoms with E-state index < -0.39 is 0 Å². The number of carbonyl (C=O) groups excluding carboxylic acids is 1. The zero-order valence-electron chi connectivity index (χ0n) is 16.0. The molecule has 0 radical (unpaired) electrons. The number of anilines is 1. The van der Waals surface area contributed by atoms with Crippen LogP contribution in [0.2, 0.25) is 0 Å². The van der Waals surface area contributed by atoms with Crippen LogP contribution in [0.1, 0.15) is 16.7 Å². The highest BCUT2D eigenvalue weighted by molar-refractivity contribution is 6.01. The summed E-state index contributed by atoms with van der Waals surface area (Å²) in [5.74, 6) is 1.09. The van der Waals surface area contributed by atoms with Gasteiger partial charge in [0.2, 0.25) is 5.91 Å². The third-order valence-corrected chi connectivity index (χ3v) is 4.17. The SMILES string of the molecule is COc1cc(C=CC(=O)Nc2ccc(C)cc2)ccc1OCc1ccccc1. The predicted octanol–water partition coefficient (Wildman–Crippen LogP) is 5.23. The molecule has 0 aliphatic rings. The van der Waals surface area contributed by atoms with Crippen LogP contribution >= 0.6 is 0 Å². The quantitative estimate of drug-likeness (QED) is 0.577. The molecule has 0 atom stereocenters. The molecule has 0 unspecified atom stereocenters. The van der Waals surface area contributed by atoms with Crippen molar-refractivity contribution in [1.82, 2.24) is 0 Å². The van der Waals surface area contributed by atoms with Gasteiger partial charge in [0.05, 0.1) is 7.11 Å². The Hall–Kier alpha value is -3.53. The Balaban J connectivity index is 1.63. The molecule has 0 aliphatic heterocycles. The first-order valence-corrected chi connectivity index (χ1v) is 9.04. The van der Waals surface area contributed by atoms with Gasteiger partial charge >= 0.3 is 0 Å². The second-order valence-corrected chi connectivity index (χ2v) is 6.37. The van der Waals surface area contributed by atoms with Crippen LogP contribution in [0.4, 0.5) is 5.69 Å². The molecule has 0 aromatic heterocycles. The Morgan fingerprint density at radius 1 is 0.964 bits per heavy atom. The van der Waals surface area contributed by atoms with Gasteiger partial charge in [0.1, 0.15) is 6.61 Å². The number of hydrogen-bond donors (Lipinski definition) is 1. The number of amides is 1. The van der Waals surface area contributed by atoms with E-state index in [9.17, 15) is 4.79 Å². The van der Waals surface area contributed by atoms with Crippen LogP contribution in [0.3, 0.4) is 0 Å². The van der Waals surface area contributed by atoms with E-state index in [0.29, 0.717) is 18.1 Å². The first kappa shape index (κ1) is 19.2. The summed E-state index contributed by atoms with van der Waals surface area (Å²) in [6.45, 7) is 2.47. The molecule has 0 fully saturated rings. The highest BCUT2D eigenvalue weighted by Gasteiger charge is 2.06. The minimum Gasteiger partial charge on any atom is -0.493 e. The van der Waals surface area contributed by atoms with E-state index in [0.717, 1.165) is 22.4 Å². The Labute approximate surface area is 165 Å². The molecule has 0 saturated heterocycles. The lowest BCUT2D eigenvalue weighted by atomic mass is 10.2. The van der Waals surface area contributed by atoms with Gasteiger partial charge in [-0.1, -0.05) is 54.1 Å². The lowest BCUT2D eigenvalue weighted by Crippen LogP contribution is -2.07. The summed E-state index contributed by atoms with van der Waals surface area (Å²) in [6, 6.07) is 23.2. The Morgan fingerprint density at radius 3 is 2.43 bits per heavy atom. The van der Waals surface area contributed by atoms with E-state index in [1.165, 1.54) is 6.08 Å². The summed E-state index contributed by atoms with van der Waals surface area (Å²) < 4.78 is 11.3. The van der Waals surface area contributed by atoms with Crippen molar-refractivity contribution < 1.29 is 14.3 Å². The van der Waals surface area contributed by atoms with E-state index in [2.05, 4.69) is 5.32 Å². The Bertz CT molecular complexity index is 947. The van der Waals surface area contributed by atoms with Crippen molar-refractivity contribution in [3.63, 3.8) is 0 Å². The van der Waals surface area contributed by atoms with Crippen molar-refractivity contribution in [2.24, 2.45) is 0 Å². The van der Waals surface area contributed by atoms with Crippen molar-refractivity contribution in [3.05, 3.63) is 95.6 Å². The summed E-state index contributed by atoms with van der Waals surface area (Å²) in [6.07, 6.45) is 3.24. The number of carbonyl (C=O) groups is 1. The molecule has 3 aromatic carbocycles. The zero-order chi connectivity index (χ0) is 19.8. The van der Waals surface area contributed by atoms with E-state index >= 15 is 0 Å². The van der Waals surface area contributed by atoms with Gasteiger partial charge in [0.15, 0.2) is 11.5 Å². The minimum absolute atomic E-state index is 0.188. The monoisotopic (exact) mass is 373 g/mol. The summed E-state index contributed by atoms with van der Waals surface area (Å²) in [7, 11) is 1.60. The highest BCUT2D eigenvalue weighted by atomic mass is 16.5. The maximum Gasteiger partial charge on any atom is 0.248 e. The van der Waals surface area contributed by atoms with Gasteiger partial charge in [0.25, 0.3) is 0 Å². The third-order valence-electron chi connectivity index (χ3n) is 4.17. The molecule has 3 rings (SSSR count). The van der Waals surface area contributed by atoms with Crippen LogP contribution in [0, 0.1) is 6.92 Å². The van der Waals surface area contributed by atoms with E-state index in [1.54, 1.807) is 13.2 Å². The number of aryl methyl sites for hydroxylation is 1. The number of nitrogens with one attached hydrogen (secondary N) is 1. The predicted molar refractivity (Wildman–Crippen MR) is 113 cm³/mol. The number of methoxy groups -OCH3 is 1. The van der Waals surface area contributed by atoms with Gasteiger partial charge < -0.3 is 14.8 Å². The van der Waals surface area contributed by atoms with E-state index in [-0.39, 0.29) is 5.91 Å². The fourth-order valence-corrected chi connectivity index (χ4v) is 2.64. The second-order valence-electron chi connectivity index (χ2n) is 6.37. The van der Waals surface area contributed by atoms with E-state index in [1.807, 2.05) is 79.7 Å². The average molecular weight is 373 g/mol.